The third-order valence-corrected chi connectivity index (χ3v) is 9.04. The van der Waals surface area contributed by atoms with Gasteiger partial charge in [-0.2, -0.15) is 0 Å². The van der Waals surface area contributed by atoms with Crippen LogP contribution in [0.4, 0.5) is 0 Å². The minimum absolute atomic E-state index is 0. The van der Waals surface area contributed by atoms with Gasteiger partial charge in [0.15, 0.2) is 12.4 Å². The second-order valence-corrected chi connectivity index (χ2v) is 10.3. The number of hydrogen-bond donors (Lipinski definition) is 3. The van der Waals surface area contributed by atoms with Crippen LogP contribution < -0.4 is 5.73 Å². The van der Waals surface area contributed by atoms with Crippen LogP contribution >= 0.6 is 12.4 Å². The summed E-state index contributed by atoms with van der Waals surface area (Å²) in [6.45, 7) is 3.27. The number of halogens is 1. The van der Waals surface area contributed by atoms with Gasteiger partial charge in [0.05, 0.1) is 12.6 Å². The summed E-state index contributed by atoms with van der Waals surface area (Å²) in [4.78, 5) is 36.3. The van der Waals surface area contributed by atoms with Crippen LogP contribution in [0.25, 0.3) is 0 Å². The Labute approximate surface area is 189 Å². The van der Waals surface area contributed by atoms with Crippen LogP contribution in [-0.2, 0) is 19.1 Å². The number of nitrogens with two attached hydrogens (primary N) is 1. The van der Waals surface area contributed by atoms with E-state index >= 15 is 0 Å². The lowest BCUT2D eigenvalue weighted by Gasteiger charge is -2.60. The van der Waals surface area contributed by atoms with E-state index in [-0.39, 0.29) is 47.9 Å². The topological polar surface area (TPSA) is 127 Å². The minimum atomic E-state index is -1.63. The Bertz CT molecular complexity index is 814. The standard InChI is InChI=1S/C23H33NO6.ClH/c1-21-7-5-14(25)9-13(21)3-4-15-16-6-8-23(29,18(27)12-30-19(28)11-24)22(16,2)10-17(26)20(15)21;/h9,15-17,20,26,29H,3-8,10-12,24H2,1-2H3;1H/t15?,16?,17-,20?,21-,22-,23-;/m0./s1. The average molecular weight is 456 g/mol. The van der Waals surface area contributed by atoms with Crippen molar-refractivity contribution in [3.05, 3.63) is 11.6 Å². The minimum Gasteiger partial charge on any atom is -0.457 e. The lowest BCUT2D eigenvalue weighted by Crippen LogP contribution is -2.62. The third-order valence-electron chi connectivity index (χ3n) is 9.04. The molecule has 0 amide bonds. The van der Waals surface area contributed by atoms with Crippen LogP contribution in [0.1, 0.15) is 58.8 Å². The molecule has 4 aliphatic rings. The van der Waals surface area contributed by atoms with Gasteiger partial charge in [0.1, 0.15) is 5.60 Å². The van der Waals surface area contributed by atoms with Gasteiger partial charge in [-0.05, 0) is 67.8 Å². The second kappa shape index (κ2) is 8.25. The summed E-state index contributed by atoms with van der Waals surface area (Å²) in [5.41, 5.74) is 3.78. The maximum absolute atomic E-state index is 12.9. The molecule has 3 fully saturated rings. The van der Waals surface area contributed by atoms with Gasteiger partial charge in [0.25, 0.3) is 0 Å². The van der Waals surface area contributed by atoms with Crippen molar-refractivity contribution in [3.8, 4) is 0 Å². The number of esters is 1. The number of Topliss-reactive ketones (excluding diaryl/α,β-unsaturated/α-hetero) is 1. The van der Waals surface area contributed by atoms with Crippen molar-refractivity contribution in [2.24, 2.45) is 34.3 Å². The monoisotopic (exact) mass is 455 g/mol. The van der Waals surface area contributed by atoms with E-state index in [4.69, 9.17) is 10.5 Å². The van der Waals surface area contributed by atoms with Crippen LogP contribution in [0.3, 0.4) is 0 Å². The number of allylic oxidation sites excluding steroid dienone is 1. The molecule has 4 N–H and O–H groups in total. The molecular formula is C23H34ClNO6. The molecule has 0 aromatic heterocycles. The molecule has 4 rings (SSSR count). The molecule has 0 heterocycles. The van der Waals surface area contributed by atoms with E-state index in [9.17, 15) is 24.6 Å². The molecule has 0 saturated heterocycles. The SMILES string of the molecule is C[C@]12CCC(=O)C=C1CCC1C2[C@@H](O)C[C@@]2(C)C1CC[C@]2(O)C(=O)COC(=O)CN.Cl. The quantitative estimate of drug-likeness (QED) is 0.550. The summed E-state index contributed by atoms with van der Waals surface area (Å²) in [6, 6.07) is 0. The number of carbonyl (C=O) groups excluding carboxylic acids is 3. The normalized spacial score (nSPS) is 43.6. The van der Waals surface area contributed by atoms with Gasteiger partial charge < -0.3 is 20.7 Å². The Morgan fingerprint density at radius 2 is 1.94 bits per heavy atom. The fraction of sp³-hybridized carbons (Fsp3) is 0.783. The first-order valence-corrected chi connectivity index (χ1v) is 11.1. The fourth-order valence-electron chi connectivity index (χ4n) is 7.47. The molecule has 7 nitrogen and oxygen atoms in total. The van der Waals surface area contributed by atoms with Crippen molar-refractivity contribution in [3.63, 3.8) is 0 Å². The van der Waals surface area contributed by atoms with Crippen LogP contribution in [-0.4, -0.2) is 52.6 Å². The highest BCUT2D eigenvalue weighted by Crippen LogP contribution is 2.67. The van der Waals surface area contributed by atoms with Crippen molar-refractivity contribution >= 4 is 29.9 Å². The molecule has 3 unspecified atom stereocenters. The third kappa shape index (κ3) is 3.48. The number of ketones is 2. The zero-order chi connectivity index (χ0) is 21.9. The molecule has 0 radical (unpaired) electrons. The van der Waals surface area contributed by atoms with E-state index in [0.717, 1.165) is 24.8 Å². The Balaban J connectivity index is 0.00000272. The van der Waals surface area contributed by atoms with E-state index in [0.29, 0.717) is 25.7 Å². The van der Waals surface area contributed by atoms with Crippen LogP contribution in [0, 0.1) is 28.6 Å². The molecule has 0 aromatic rings. The van der Waals surface area contributed by atoms with Gasteiger partial charge in [-0.25, -0.2) is 0 Å². The maximum atomic E-state index is 12.9. The zero-order valence-corrected chi connectivity index (χ0v) is 19.1. The molecule has 0 aromatic carbocycles. The molecule has 3 saturated carbocycles. The van der Waals surface area contributed by atoms with E-state index in [1.54, 1.807) is 6.08 Å². The number of fused-ring (bicyclic) bond motifs is 5. The molecule has 31 heavy (non-hydrogen) atoms. The Hall–Kier alpha value is -1.28. The first kappa shape index (κ1) is 24.4. The summed E-state index contributed by atoms with van der Waals surface area (Å²) in [7, 11) is 0. The summed E-state index contributed by atoms with van der Waals surface area (Å²) < 4.78 is 4.91. The number of aliphatic hydroxyl groups is 2. The summed E-state index contributed by atoms with van der Waals surface area (Å²) >= 11 is 0. The van der Waals surface area contributed by atoms with Gasteiger partial charge >= 0.3 is 5.97 Å². The van der Waals surface area contributed by atoms with Crippen molar-refractivity contribution in [1.29, 1.82) is 0 Å². The van der Waals surface area contributed by atoms with Crippen molar-refractivity contribution in [2.75, 3.05) is 13.2 Å². The highest BCUT2D eigenvalue weighted by atomic mass is 35.5. The van der Waals surface area contributed by atoms with E-state index in [1.807, 2.05) is 6.92 Å². The van der Waals surface area contributed by atoms with Gasteiger partial charge in [-0.1, -0.05) is 19.4 Å². The molecule has 0 aliphatic heterocycles. The number of aliphatic hydroxyl groups excluding tert-OH is 1. The number of rotatable bonds is 4. The molecule has 8 heteroatoms. The largest absolute Gasteiger partial charge is 0.457 e. The van der Waals surface area contributed by atoms with Crippen LogP contribution in [0.2, 0.25) is 0 Å². The Kier molecular flexibility index (Phi) is 6.48. The average Bonchev–Trinajstić information content (AvgIpc) is 2.97. The zero-order valence-electron chi connectivity index (χ0n) is 18.3. The number of hydrogen-bond acceptors (Lipinski definition) is 7. The van der Waals surface area contributed by atoms with E-state index < -0.39 is 35.5 Å². The summed E-state index contributed by atoms with van der Waals surface area (Å²) in [5.74, 6) is -0.712. The first-order chi connectivity index (χ1) is 14.1. The lowest BCUT2D eigenvalue weighted by atomic mass is 9.45. The predicted molar refractivity (Wildman–Crippen MR) is 115 cm³/mol. The smallest absolute Gasteiger partial charge is 0.320 e. The number of ether oxygens (including phenoxy) is 1. The van der Waals surface area contributed by atoms with Crippen molar-refractivity contribution in [2.45, 2.75) is 70.5 Å². The highest BCUT2D eigenvalue weighted by Gasteiger charge is 2.68. The lowest BCUT2D eigenvalue weighted by molar-refractivity contribution is -0.184. The van der Waals surface area contributed by atoms with Crippen molar-refractivity contribution < 1.29 is 29.3 Å². The van der Waals surface area contributed by atoms with Crippen LogP contribution in [0.15, 0.2) is 11.6 Å². The molecule has 7 atom stereocenters. The molecule has 0 bridgehead atoms. The summed E-state index contributed by atoms with van der Waals surface area (Å²) in [6.07, 6.45) is 5.38. The van der Waals surface area contributed by atoms with Gasteiger partial charge in [-0.15, -0.1) is 12.4 Å². The van der Waals surface area contributed by atoms with Gasteiger partial charge in [-0.3, -0.25) is 14.4 Å². The Morgan fingerprint density at radius 3 is 2.61 bits per heavy atom. The number of carbonyl (C=O) groups is 3. The predicted octanol–water partition coefficient (Wildman–Crippen LogP) is 1.71. The maximum Gasteiger partial charge on any atom is 0.320 e. The molecule has 4 aliphatic carbocycles. The summed E-state index contributed by atoms with van der Waals surface area (Å²) in [5, 5.41) is 22.8. The molecular weight excluding hydrogens is 422 g/mol. The fourth-order valence-corrected chi connectivity index (χ4v) is 7.47. The highest BCUT2D eigenvalue weighted by molar-refractivity contribution is 5.92. The molecule has 174 valence electrons. The van der Waals surface area contributed by atoms with Gasteiger partial charge in [0.2, 0.25) is 5.78 Å². The first-order valence-electron chi connectivity index (χ1n) is 11.1. The van der Waals surface area contributed by atoms with E-state index in [1.165, 1.54) is 0 Å². The van der Waals surface area contributed by atoms with Gasteiger partial charge in [0, 0.05) is 11.8 Å². The molecule has 0 spiro atoms. The Morgan fingerprint density at radius 1 is 1.23 bits per heavy atom. The van der Waals surface area contributed by atoms with E-state index in [2.05, 4.69) is 6.92 Å². The van der Waals surface area contributed by atoms with Crippen molar-refractivity contribution in [1.82, 2.24) is 0 Å². The van der Waals surface area contributed by atoms with Crippen LogP contribution in [0.5, 0.6) is 0 Å². The second-order valence-electron chi connectivity index (χ2n) is 10.3.